The molecule has 7 heteroatoms. The molecule has 0 radical (unpaired) electrons. The summed E-state index contributed by atoms with van der Waals surface area (Å²) in [7, 11) is 0. The Bertz CT molecular complexity index is 1320. The fourth-order valence-corrected chi connectivity index (χ4v) is 6.56. The Kier molecular flexibility index (Phi) is 5.48. The van der Waals surface area contributed by atoms with E-state index in [1.807, 2.05) is 25.1 Å². The molecule has 5 rings (SSSR count). The Hall–Kier alpha value is -3.22. The molecule has 1 saturated heterocycles. The van der Waals surface area contributed by atoms with Crippen molar-refractivity contribution in [2.45, 2.75) is 51.6 Å². The van der Waals surface area contributed by atoms with E-state index in [1.54, 1.807) is 24.4 Å². The summed E-state index contributed by atoms with van der Waals surface area (Å²) in [4.78, 5) is 29.6. The number of nitrogens with one attached hydrogen (secondary N) is 1. The standard InChI is InChI=1S/C29H33FN2O4/c1-3-35-29(34)32-21-11-12-22-19(14-21)15-25-27(17(2)36-28(25)33)24(22)13-10-20-9-8-18(16-31-20)23-6-4-5-7-26(23)30/h4-10,13,16-17,19,21-22,24-25,27H,3,11-12,14-15H2,1-2H3,(H,32,34)/b13-10+/t17-,19?,21-,22?,24+,25?,27?/m1/s1/i1D3,3D2. The number of ether oxygens (including phenoxy) is 2. The molecule has 3 aliphatic rings. The van der Waals surface area contributed by atoms with Gasteiger partial charge in [-0.05, 0) is 75.4 Å². The Balaban J connectivity index is 1.30. The SMILES string of the molecule is [2H]C([2H])([2H])C([2H])([2H])OC(=O)N[C@@H]1CCC2C(CC3C(=O)O[C@H](C)C3[C@H]2/C=C/c2ccc(-c3ccccc3F)cn2)C1. The minimum Gasteiger partial charge on any atom is -0.462 e. The van der Waals surface area contributed by atoms with Crippen LogP contribution in [0.4, 0.5) is 9.18 Å². The molecule has 2 aromatic rings. The van der Waals surface area contributed by atoms with Gasteiger partial charge in [-0.1, -0.05) is 30.3 Å². The molecule has 0 bridgehead atoms. The van der Waals surface area contributed by atoms with E-state index in [-0.39, 0.29) is 53.5 Å². The number of allylic oxidation sites excluding steroid dienone is 1. The van der Waals surface area contributed by atoms with Crippen LogP contribution in [0.1, 0.15) is 52.0 Å². The van der Waals surface area contributed by atoms with Gasteiger partial charge in [0.2, 0.25) is 0 Å². The highest BCUT2D eigenvalue weighted by Gasteiger charge is 2.54. The third kappa shape index (κ3) is 4.88. The molecule has 4 unspecified atom stereocenters. The average molecular weight is 498 g/mol. The van der Waals surface area contributed by atoms with Crippen LogP contribution in [0.25, 0.3) is 17.2 Å². The number of alkyl carbamates (subject to hydrolysis) is 1. The van der Waals surface area contributed by atoms with Gasteiger partial charge >= 0.3 is 12.1 Å². The van der Waals surface area contributed by atoms with Gasteiger partial charge in [-0.3, -0.25) is 9.78 Å². The lowest BCUT2D eigenvalue weighted by atomic mass is 9.57. The first-order valence-electron chi connectivity index (χ1n) is 14.9. The molecule has 6 nitrogen and oxygen atoms in total. The maximum Gasteiger partial charge on any atom is 0.407 e. The van der Waals surface area contributed by atoms with Gasteiger partial charge in [0.15, 0.2) is 0 Å². The quantitative estimate of drug-likeness (QED) is 0.542. The number of cyclic esters (lactones) is 1. The molecule has 0 spiro atoms. The number of fused-ring (bicyclic) bond motifs is 2. The Morgan fingerprint density at radius 1 is 1.31 bits per heavy atom. The zero-order valence-electron chi connectivity index (χ0n) is 25.0. The Labute approximate surface area is 218 Å². The van der Waals surface area contributed by atoms with E-state index in [0.29, 0.717) is 36.1 Å². The van der Waals surface area contributed by atoms with Crippen molar-refractivity contribution in [3.8, 4) is 11.1 Å². The molecule has 1 aliphatic heterocycles. The number of benzene rings is 1. The van der Waals surface area contributed by atoms with Gasteiger partial charge < -0.3 is 14.8 Å². The van der Waals surface area contributed by atoms with Crippen molar-refractivity contribution in [3.63, 3.8) is 0 Å². The molecule has 1 aromatic carbocycles. The molecule has 3 fully saturated rings. The smallest absolute Gasteiger partial charge is 0.407 e. The van der Waals surface area contributed by atoms with Crippen molar-refractivity contribution >= 4 is 18.1 Å². The number of hydrogen-bond acceptors (Lipinski definition) is 5. The van der Waals surface area contributed by atoms with E-state index >= 15 is 0 Å². The van der Waals surface area contributed by atoms with Crippen LogP contribution in [0.3, 0.4) is 0 Å². The van der Waals surface area contributed by atoms with Crippen molar-refractivity contribution in [1.82, 2.24) is 10.3 Å². The third-order valence-corrected chi connectivity index (χ3v) is 8.07. The molecule has 190 valence electrons. The molecule has 1 aromatic heterocycles. The number of hydrogen-bond donors (Lipinski definition) is 1. The van der Waals surface area contributed by atoms with Crippen LogP contribution in [0.5, 0.6) is 0 Å². The third-order valence-electron chi connectivity index (χ3n) is 8.07. The lowest BCUT2D eigenvalue weighted by Crippen LogP contribution is -2.48. The zero-order valence-corrected chi connectivity index (χ0v) is 20.0. The molecule has 2 saturated carbocycles. The van der Waals surface area contributed by atoms with Gasteiger partial charge in [0.05, 0.1) is 20.9 Å². The van der Waals surface area contributed by atoms with Gasteiger partial charge in [-0.15, -0.1) is 0 Å². The molecule has 7 atom stereocenters. The highest BCUT2D eigenvalue weighted by Crippen LogP contribution is 2.53. The molecule has 36 heavy (non-hydrogen) atoms. The van der Waals surface area contributed by atoms with E-state index < -0.39 is 19.5 Å². The summed E-state index contributed by atoms with van der Waals surface area (Å²) >= 11 is 0. The zero-order chi connectivity index (χ0) is 29.5. The molecule has 1 N–H and O–H groups in total. The van der Waals surface area contributed by atoms with Gasteiger partial charge in [-0.25, -0.2) is 9.18 Å². The van der Waals surface area contributed by atoms with Gasteiger partial charge in [0.1, 0.15) is 11.9 Å². The van der Waals surface area contributed by atoms with Crippen molar-refractivity contribution in [2.75, 3.05) is 6.56 Å². The van der Waals surface area contributed by atoms with Crippen LogP contribution in [0.2, 0.25) is 0 Å². The highest BCUT2D eigenvalue weighted by atomic mass is 19.1. The first-order chi connectivity index (χ1) is 19.3. The lowest BCUT2D eigenvalue weighted by Gasteiger charge is -2.47. The Morgan fingerprint density at radius 2 is 2.17 bits per heavy atom. The molecule has 2 heterocycles. The van der Waals surface area contributed by atoms with Gasteiger partial charge in [-0.2, -0.15) is 0 Å². The monoisotopic (exact) mass is 497 g/mol. The average Bonchev–Trinajstić information content (AvgIpc) is 3.18. The van der Waals surface area contributed by atoms with E-state index in [9.17, 15) is 14.0 Å². The largest absolute Gasteiger partial charge is 0.462 e. The van der Waals surface area contributed by atoms with Crippen molar-refractivity contribution in [3.05, 3.63) is 60.2 Å². The van der Waals surface area contributed by atoms with E-state index in [1.165, 1.54) is 6.07 Å². The normalized spacial score (nSPS) is 34.2. The van der Waals surface area contributed by atoms with Crippen LogP contribution in [-0.2, 0) is 14.3 Å². The number of carbonyl (C=O) groups is 2. The van der Waals surface area contributed by atoms with Crippen LogP contribution >= 0.6 is 0 Å². The summed E-state index contributed by atoms with van der Waals surface area (Å²) in [5, 5.41) is 2.63. The summed E-state index contributed by atoms with van der Waals surface area (Å²) in [6.07, 6.45) is 6.87. The number of rotatable bonds is 5. The number of pyridine rings is 1. The summed E-state index contributed by atoms with van der Waals surface area (Å²) in [6, 6.07) is 9.86. The van der Waals surface area contributed by atoms with E-state index in [4.69, 9.17) is 11.6 Å². The van der Waals surface area contributed by atoms with Crippen LogP contribution < -0.4 is 5.32 Å². The number of esters is 1. The molecular weight excluding hydrogens is 459 g/mol. The second kappa shape index (κ2) is 10.4. The van der Waals surface area contributed by atoms with E-state index in [0.717, 1.165) is 6.42 Å². The minimum absolute atomic E-state index is 0.0127. The number of halogens is 1. The fourth-order valence-electron chi connectivity index (χ4n) is 6.56. The van der Waals surface area contributed by atoms with Crippen molar-refractivity contribution in [1.29, 1.82) is 0 Å². The second-order valence-electron chi connectivity index (χ2n) is 10.0. The molecular formula is C29H33FN2O4. The second-order valence-corrected chi connectivity index (χ2v) is 10.0. The first kappa shape index (κ1) is 19.0. The summed E-state index contributed by atoms with van der Waals surface area (Å²) in [5.41, 5.74) is 1.87. The summed E-state index contributed by atoms with van der Waals surface area (Å²) in [6.45, 7) is -4.28. The summed E-state index contributed by atoms with van der Waals surface area (Å²) in [5.74, 6) is -0.431. The van der Waals surface area contributed by atoms with Crippen LogP contribution in [0, 0.1) is 35.4 Å². The maximum absolute atomic E-state index is 14.2. The Morgan fingerprint density at radius 3 is 2.94 bits per heavy atom. The number of carbonyl (C=O) groups excluding carboxylic acids is 2. The first-order valence-corrected chi connectivity index (χ1v) is 12.4. The van der Waals surface area contributed by atoms with Gasteiger partial charge in [0, 0.05) is 33.4 Å². The maximum atomic E-state index is 14.2. The fraction of sp³-hybridized carbons (Fsp3) is 0.483. The van der Waals surface area contributed by atoms with Crippen molar-refractivity contribution in [2.24, 2.45) is 29.6 Å². The van der Waals surface area contributed by atoms with E-state index in [2.05, 4.69) is 21.1 Å². The predicted molar refractivity (Wildman–Crippen MR) is 134 cm³/mol. The predicted octanol–water partition coefficient (Wildman–Crippen LogP) is 5.63. The highest BCUT2D eigenvalue weighted by molar-refractivity contribution is 5.75. The van der Waals surface area contributed by atoms with Crippen LogP contribution in [-0.4, -0.2) is 35.8 Å². The van der Waals surface area contributed by atoms with Gasteiger partial charge in [0.25, 0.3) is 0 Å². The molecule has 2 aliphatic carbocycles. The number of aromatic nitrogens is 1. The molecule has 1 amide bonds. The minimum atomic E-state index is -3.10. The number of amides is 1. The van der Waals surface area contributed by atoms with Crippen LogP contribution in [0.15, 0.2) is 48.7 Å². The lowest BCUT2D eigenvalue weighted by molar-refractivity contribution is -0.144. The van der Waals surface area contributed by atoms with Crippen molar-refractivity contribution < 1.29 is 30.3 Å². The number of nitrogens with zero attached hydrogens (tertiary/aromatic N) is 1. The topological polar surface area (TPSA) is 77.5 Å². The summed E-state index contributed by atoms with van der Waals surface area (Å²) < 4.78 is 61.2.